The predicted molar refractivity (Wildman–Crippen MR) is 111 cm³/mol. The fourth-order valence-electron chi connectivity index (χ4n) is 2.87. The second-order valence-electron chi connectivity index (χ2n) is 6.17. The van der Waals surface area contributed by atoms with Gasteiger partial charge in [-0.2, -0.15) is 0 Å². The minimum absolute atomic E-state index is 0. The third-order valence-electron chi connectivity index (χ3n) is 4.28. The van der Waals surface area contributed by atoms with Crippen molar-refractivity contribution in [3.8, 4) is 0 Å². The van der Waals surface area contributed by atoms with E-state index in [4.69, 9.17) is 0 Å². The Labute approximate surface area is 164 Å². The fourth-order valence-corrected chi connectivity index (χ4v) is 2.87. The van der Waals surface area contributed by atoms with Crippen molar-refractivity contribution in [2.45, 2.75) is 19.8 Å². The minimum atomic E-state index is 0. The predicted octanol–water partition coefficient (Wildman–Crippen LogP) is 2.40. The number of halogens is 2. The molecule has 144 valence electrons. The van der Waals surface area contributed by atoms with E-state index >= 15 is 0 Å². The van der Waals surface area contributed by atoms with Gasteiger partial charge in [-0.15, -0.1) is 24.8 Å². The number of carbonyl (C=O) groups is 1. The van der Waals surface area contributed by atoms with Crippen molar-refractivity contribution in [3.63, 3.8) is 0 Å². The summed E-state index contributed by atoms with van der Waals surface area (Å²) in [5.74, 6) is 0.0232. The fraction of sp³-hybridized carbons (Fsp3) is 0.611. The van der Waals surface area contributed by atoms with E-state index in [1.54, 1.807) is 0 Å². The molecule has 1 amide bonds. The van der Waals surface area contributed by atoms with E-state index in [1.165, 1.54) is 0 Å². The van der Waals surface area contributed by atoms with Crippen molar-refractivity contribution in [1.82, 2.24) is 15.5 Å². The van der Waals surface area contributed by atoms with Crippen molar-refractivity contribution in [2.75, 3.05) is 57.8 Å². The molecule has 0 unspecified atom stereocenters. The normalized spacial score (nSPS) is 14.2. The molecule has 1 saturated heterocycles. The quantitative estimate of drug-likeness (QED) is 0.669. The molecule has 25 heavy (non-hydrogen) atoms. The van der Waals surface area contributed by atoms with Crippen LogP contribution in [0.4, 0.5) is 5.69 Å². The molecule has 1 aromatic rings. The van der Waals surface area contributed by atoms with E-state index in [0.29, 0.717) is 0 Å². The first-order valence-electron chi connectivity index (χ1n) is 8.73. The van der Waals surface area contributed by atoms with Gasteiger partial charge >= 0.3 is 0 Å². The lowest BCUT2D eigenvalue weighted by Crippen LogP contribution is -2.44. The summed E-state index contributed by atoms with van der Waals surface area (Å²) in [6.45, 7) is 9.36. The van der Waals surface area contributed by atoms with Gasteiger partial charge in [-0.1, -0.05) is 6.92 Å². The van der Waals surface area contributed by atoms with Gasteiger partial charge in [0.1, 0.15) is 0 Å². The van der Waals surface area contributed by atoms with Gasteiger partial charge in [0.15, 0.2) is 0 Å². The summed E-state index contributed by atoms with van der Waals surface area (Å²) in [5.41, 5.74) is 1.89. The highest BCUT2D eigenvalue weighted by atomic mass is 35.5. The summed E-state index contributed by atoms with van der Waals surface area (Å²) >= 11 is 0. The number of carbonyl (C=O) groups excluding carboxylic acids is 1. The van der Waals surface area contributed by atoms with Crippen LogP contribution in [0.5, 0.6) is 0 Å². The first-order valence-corrected chi connectivity index (χ1v) is 8.73. The topological polar surface area (TPSA) is 47.6 Å². The Hall–Kier alpha value is -1.01. The van der Waals surface area contributed by atoms with Crippen LogP contribution >= 0.6 is 24.8 Å². The summed E-state index contributed by atoms with van der Waals surface area (Å²) in [5, 5.41) is 6.37. The number of hydrogen-bond donors (Lipinski definition) is 2. The summed E-state index contributed by atoms with van der Waals surface area (Å²) in [7, 11) is 2.08. The number of benzene rings is 1. The van der Waals surface area contributed by atoms with Crippen molar-refractivity contribution >= 4 is 36.4 Å². The molecular weight excluding hydrogens is 359 g/mol. The van der Waals surface area contributed by atoms with E-state index < -0.39 is 0 Å². The van der Waals surface area contributed by atoms with Crippen molar-refractivity contribution in [3.05, 3.63) is 29.8 Å². The summed E-state index contributed by atoms with van der Waals surface area (Å²) < 4.78 is 0. The van der Waals surface area contributed by atoms with Crippen LogP contribution in [0, 0.1) is 0 Å². The molecule has 2 rings (SSSR count). The Kier molecular flexibility index (Phi) is 12.7. The zero-order valence-electron chi connectivity index (χ0n) is 15.3. The van der Waals surface area contributed by atoms with Crippen molar-refractivity contribution in [1.29, 1.82) is 0 Å². The molecule has 5 nitrogen and oxygen atoms in total. The Bertz CT molecular complexity index is 478. The molecule has 0 saturated carbocycles. The monoisotopic (exact) mass is 390 g/mol. The molecule has 1 aromatic carbocycles. The largest absolute Gasteiger partial charge is 0.375 e. The molecule has 0 radical (unpaired) electrons. The third kappa shape index (κ3) is 8.27. The number of amides is 1. The summed E-state index contributed by atoms with van der Waals surface area (Å²) in [4.78, 5) is 16.8. The molecule has 1 heterocycles. The van der Waals surface area contributed by atoms with Crippen molar-refractivity contribution < 1.29 is 4.79 Å². The Morgan fingerprint density at radius 1 is 1.20 bits per heavy atom. The maximum absolute atomic E-state index is 12.2. The average molecular weight is 391 g/mol. The molecule has 0 aromatic heterocycles. The maximum atomic E-state index is 12.2. The first kappa shape index (κ1) is 24.0. The lowest BCUT2D eigenvalue weighted by Gasteiger charge is -2.27. The molecule has 7 heteroatoms. The molecule has 0 spiro atoms. The molecule has 2 N–H and O–H groups in total. The standard InChI is InChI=1S/C18H30N4O.2ClH/c1-3-12-21(2)17-7-5-16(6-8-17)18(23)20-9-4-13-22-14-10-19-11-15-22;;/h5-8,19H,3-4,9-15H2,1-2H3,(H,20,23);2*1H. The average Bonchev–Trinajstić information content (AvgIpc) is 2.60. The van der Waals surface area contributed by atoms with Gasteiger partial charge in [0.05, 0.1) is 0 Å². The number of piperazine rings is 1. The highest BCUT2D eigenvalue weighted by Crippen LogP contribution is 2.14. The maximum Gasteiger partial charge on any atom is 0.251 e. The highest BCUT2D eigenvalue weighted by Gasteiger charge is 2.09. The van der Waals surface area contributed by atoms with Gasteiger partial charge in [-0.25, -0.2) is 0 Å². The minimum Gasteiger partial charge on any atom is -0.375 e. The lowest BCUT2D eigenvalue weighted by molar-refractivity contribution is 0.0951. The lowest BCUT2D eigenvalue weighted by atomic mass is 10.2. The Morgan fingerprint density at radius 3 is 2.44 bits per heavy atom. The van der Waals surface area contributed by atoms with Gasteiger partial charge < -0.3 is 20.4 Å². The van der Waals surface area contributed by atoms with Crippen molar-refractivity contribution in [2.24, 2.45) is 0 Å². The van der Waals surface area contributed by atoms with Crippen LogP contribution in [-0.2, 0) is 0 Å². The first-order chi connectivity index (χ1) is 11.2. The molecular formula is C18H32Cl2N4O. The second-order valence-corrected chi connectivity index (χ2v) is 6.17. The zero-order chi connectivity index (χ0) is 16.5. The smallest absolute Gasteiger partial charge is 0.251 e. The second kappa shape index (κ2) is 13.2. The molecule has 1 aliphatic heterocycles. The SMILES string of the molecule is CCCN(C)c1ccc(C(=O)NCCCN2CCNCC2)cc1.Cl.Cl. The van der Waals surface area contributed by atoms with Crippen LogP contribution in [0.2, 0.25) is 0 Å². The van der Waals surface area contributed by atoms with Crippen LogP contribution < -0.4 is 15.5 Å². The van der Waals surface area contributed by atoms with Crippen LogP contribution in [0.15, 0.2) is 24.3 Å². The Morgan fingerprint density at radius 2 is 1.84 bits per heavy atom. The third-order valence-corrected chi connectivity index (χ3v) is 4.28. The number of rotatable bonds is 8. The molecule has 0 aliphatic carbocycles. The van der Waals surface area contributed by atoms with Gasteiger partial charge in [0.25, 0.3) is 5.91 Å². The van der Waals surface area contributed by atoms with Crippen LogP contribution in [0.1, 0.15) is 30.1 Å². The number of nitrogens with zero attached hydrogens (tertiary/aromatic N) is 2. The molecule has 1 aliphatic rings. The van der Waals surface area contributed by atoms with E-state index in [-0.39, 0.29) is 30.7 Å². The Balaban J connectivity index is 0.00000288. The molecule has 1 fully saturated rings. The van der Waals surface area contributed by atoms with Crippen LogP contribution in [0.25, 0.3) is 0 Å². The van der Waals surface area contributed by atoms with E-state index in [9.17, 15) is 4.79 Å². The van der Waals surface area contributed by atoms with Gasteiger partial charge in [-0.3, -0.25) is 4.79 Å². The van der Waals surface area contributed by atoms with Crippen LogP contribution in [-0.4, -0.2) is 63.7 Å². The van der Waals surface area contributed by atoms with Gasteiger partial charge in [0.2, 0.25) is 0 Å². The number of anilines is 1. The molecule has 0 bridgehead atoms. The van der Waals surface area contributed by atoms with E-state index in [1.807, 2.05) is 24.3 Å². The van der Waals surface area contributed by atoms with Crippen LogP contribution in [0.3, 0.4) is 0 Å². The summed E-state index contributed by atoms with van der Waals surface area (Å²) in [6, 6.07) is 7.86. The summed E-state index contributed by atoms with van der Waals surface area (Å²) in [6.07, 6.45) is 2.12. The van der Waals surface area contributed by atoms with Gasteiger partial charge in [-0.05, 0) is 43.7 Å². The molecule has 0 atom stereocenters. The highest BCUT2D eigenvalue weighted by molar-refractivity contribution is 5.94. The van der Waals surface area contributed by atoms with E-state index in [2.05, 4.69) is 34.4 Å². The number of nitrogens with one attached hydrogen (secondary N) is 2. The van der Waals surface area contributed by atoms with Gasteiger partial charge in [0, 0.05) is 57.6 Å². The number of hydrogen-bond acceptors (Lipinski definition) is 4. The van der Waals surface area contributed by atoms with E-state index in [0.717, 1.165) is 69.9 Å². The zero-order valence-corrected chi connectivity index (χ0v) is 16.9.